The van der Waals surface area contributed by atoms with Crippen LogP contribution < -0.4 is 10.1 Å². The molecule has 0 radical (unpaired) electrons. The molecular formula is C23H21N3O3S2. The van der Waals surface area contributed by atoms with Crippen LogP contribution in [-0.4, -0.2) is 29.0 Å². The Labute approximate surface area is 188 Å². The molecule has 8 heteroatoms. The molecule has 0 saturated carbocycles. The van der Waals surface area contributed by atoms with Gasteiger partial charge >= 0.3 is 0 Å². The highest BCUT2D eigenvalue weighted by molar-refractivity contribution is 8.01. The minimum absolute atomic E-state index is 0.265. The van der Waals surface area contributed by atoms with Crippen LogP contribution in [0.1, 0.15) is 19.4 Å². The van der Waals surface area contributed by atoms with Gasteiger partial charge in [-0.05, 0) is 29.9 Å². The third-order valence-electron chi connectivity index (χ3n) is 4.66. The van der Waals surface area contributed by atoms with Crippen LogP contribution in [0, 0.1) is 0 Å². The Kier molecular flexibility index (Phi) is 6.39. The molecule has 0 aliphatic rings. The first-order chi connectivity index (χ1) is 15.1. The van der Waals surface area contributed by atoms with Crippen molar-refractivity contribution in [3.8, 4) is 16.9 Å². The second-order valence-electron chi connectivity index (χ2n) is 6.69. The maximum atomic E-state index is 12.6. The Bertz CT molecular complexity index is 1250. The van der Waals surface area contributed by atoms with Gasteiger partial charge in [0, 0.05) is 28.7 Å². The molecule has 0 bridgehead atoms. The Hall–Kier alpha value is -3.10. The number of methoxy groups -OCH3 is 1. The van der Waals surface area contributed by atoms with Crippen LogP contribution in [0.15, 0.2) is 63.6 Å². The van der Waals surface area contributed by atoms with E-state index in [9.17, 15) is 4.79 Å². The van der Waals surface area contributed by atoms with Crippen LogP contribution in [0.5, 0.6) is 5.75 Å². The Morgan fingerprint density at radius 3 is 2.81 bits per heavy atom. The van der Waals surface area contributed by atoms with Crippen molar-refractivity contribution in [2.45, 2.75) is 18.2 Å². The molecule has 4 aromatic rings. The van der Waals surface area contributed by atoms with E-state index in [4.69, 9.17) is 9.15 Å². The first kappa shape index (κ1) is 21.1. The molecule has 0 unspecified atom stereocenters. The van der Waals surface area contributed by atoms with E-state index in [1.165, 1.54) is 11.3 Å². The number of anilines is 1. The molecule has 1 amide bonds. The minimum Gasteiger partial charge on any atom is -0.496 e. The van der Waals surface area contributed by atoms with Crippen molar-refractivity contribution < 1.29 is 13.9 Å². The number of allylic oxidation sites excluding steroid dienone is 1. The number of rotatable bonds is 7. The standard InChI is InChI=1S/C23H21N3O3S2/c1-4-30-23-26-25-22(31-23)24-21(27)10-14(2)16-11-17-18(15-8-6-5-7-9-15)13-29-20(17)12-19(16)28-3/h5-13H,4H2,1-3H3,(H,24,25,27)/b14-10+. The predicted octanol–water partition coefficient (Wildman–Crippen LogP) is 6.11. The number of fused-ring (bicyclic) bond motifs is 1. The van der Waals surface area contributed by atoms with Gasteiger partial charge in [-0.15, -0.1) is 10.2 Å². The number of carbonyl (C=O) groups is 1. The molecular weight excluding hydrogens is 430 g/mol. The third-order valence-corrected chi connectivity index (χ3v) is 6.51. The van der Waals surface area contributed by atoms with Crippen molar-refractivity contribution in [1.29, 1.82) is 0 Å². The summed E-state index contributed by atoms with van der Waals surface area (Å²) in [6.45, 7) is 3.92. The molecule has 4 rings (SSSR count). The lowest BCUT2D eigenvalue weighted by Crippen LogP contribution is -2.08. The predicted molar refractivity (Wildman–Crippen MR) is 127 cm³/mol. The maximum Gasteiger partial charge on any atom is 0.250 e. The number of thioether (sulfide) groups is 1. The Morgan fingerprint density at radius 2 is 2.06 bits per heavy atom. The highest BCUT2D eigenvalue weighted by Crippen LogP contribution is 2.37. The van der Waals surface area contributed by atoms with Crippen LogP contribution in [-0.2, 0) is 4.79 Å². The molecule has 0 spiro atoms. The first-order valence-corrected chi connectivity index (χ1v) is 11.5. The number of benzene rings is 2. The SMILES string of the molecule is CCSc1nnc(NC(=O)/C=C(\C)c2cc3c(-c4ccccc4)coc3cc2OC)s1. The van der Waals surface area contributed by atoms with E-state index in [1.807, 2.05) is 56.3 Å². The molecule has 2 heterocycles. The van der Waals surface area contributed by atoms with Crippen molar-refractivity contribution in [2.75, 3.05) is 18.2 Å². The van der Waals surface area contributed by atoms with E-state index < -0.39 is 0 Å². The quantitative estimate of drug-likeness (QED) is 0.207. The average molecular weight is 452 g/mol. The van der Waals surface area contributed by atoms with Gasteiger partial charge in [-0.25, -0.2) is 0 Å². The van der Waals surface area contributed by atoms with Gasteiger partial charge in [0.1, 0.15) is 11.3 Å². The van der Waals surface area contributed by atoms with Gasteiger partial charge in [0.05, 0.1) is 13.4 Å². The van der Waals surface area contributed by atoms with Gasteiger partial charge < -0.3 is 9.15 Å². The lowest BCUT2D eigenvalue weighted by molar-refractivity contribution is -0.111. The molecule has 0 atom stereocenters. The normalized spacial score (nSPS) is 11.6. The first-order valence-electron chi connectivity index (χ1n) is 9.69. The number of hydrogen-bond donors (Lipinski definition) is 1. The third kappa shape index (κ3) is 4.65. The van der Waals surface area contributed by atoms with Crippen LogP contribution in [0.25, 0.3) is 27.7 Å². The summed E-state index contributed by atoms with van der Waals surface area (Å²) in [5, 5.41) is 12.3. The van der Waals surface area contributed by atoms with Crippen molar-refractivity contribution in [2.24, 2.45) is 0 Å². The topological polar surface area (TPSA) is 77.3 Å². The Morgan fingerprint density at radius 1 is 1.26 bits per heavy atom. The molecule has 0 fully saturated rings. The summed E-state index contributed by atoms with van der Waals surface area (Å²) < 4.78 is 12.2. The molecule has 1 N–H and O–H groups in total. The molecule has 6 nitrogen and oxygen atoms in total. The molecule has 158 valence electrons. The zero-order valence-corrected chi connectivity index (χ0v) is 19.0. The van der Waals surface area contributed by atoms with Crippen molar-refractivity contribution in [3.05, 3.63) is 60.4 Å². The zero-order valence-electron chi connectivity index (χ0n) is 17.3. The summed E-state index contributed by atoms with van der Waals surface area (Å²) >= 11 is 2.95. The van der Waals surface area contributed by atoms with E-state index in [0.29, 0.717) is 10.9 Å². The number of aromatic nitrogens is 2. The highest BCUT2D eigenvalue weighted by atomic mass is 32.2. The van der Waals surface area contributed by atoms with Gasteiger partial charge in [0.25, 0.3) is 0 Å². The number of furan rings is 1. The summed E-state index contributed by atoms with van der Waals surface area (Å²) in [5.41, 5.74) is 4.37. The molecule has 0 aliphatic carbocycles. The van der Waals surface area contributed by atoms with Crippen molar-refractivity contribution >= 4 is 50.7 Å². The van der Waals surface area contributed by atoms with E-state index in [2.05, 4.69) is 15.5 Å². The van der Waals surface area contributed by atoms with Gasteiger partial charge in [-0.1, -0.05) is 60.4 Å². The lowest BCUT2D eigenvalue weighted by Gasteiger charge is -2.10. The molecule has 2 aromatic heterocycles. The molecule has 2 aromatic carbocycles. The van der Waals surface area contributed by atoms with E-state index in [1.54, 1.807) is 31.2 Å². The summed E-state index contributed by atoms with van der Waals surface area (Å²) in [7, 11) is 1.60. The van der Waals surface area contributed by atoms with Crippen LogP contribution in [0.3, 0.4) is 0 Å². The zero-order chi connectivity index (χ0) is 21.8. The number of nitrogens with one attached hydrogen (secondary N) is 1. The highest BCUT2D eigenvalue weighted by Gasteiger charge is 2.15. The molecule has 0 saturated heterocycles. The summed E-state index contributed by atoms with van der Waals surface area (Å²) in [6, 6.07) is 13.9. The summed E-state index contributed by atoms with van der Waals surface area (Å²) in [6.07, 6.45) is 3.29. The van der Waals surface area contributed by atoms with Crippen LogP contribution in [0.4, 0.5) is 5.13 Å². The fourth-order valence-corrected chi connectivity index (χ4v) is 4.88. The maximum absolute atomic E-state index is 12.6. The molecule has 0 aliphatic heterocycles. The second kappa shape index (κ2) is 9.36. The fourth-order valence-electron chi connectivity index (χ4n) is 3.23. The van der Waals surface area contributed by atoms with E-state index >= 15 is 0 Å². The monoisotopic (exact) mass is 451 g/mol. The van der Waals surface area contributed by atoms with Crippen LogP contribution in [0.2, 0.25) is 0 Å². The van der Waals surface area contributed by atoms with Crippen LogP contribution >= 0.6 is 23.1 Å². The number of hydrogen-bond acceptors (Lipinski definition) is 7. The summed E-state index contributed by atoms with van der Waals surface area (Å²) in [5.74, 6) is 1.28. The van der Waals surface area contributed by atoms with E-state index in [0.717, 1.165) is 43.3 Å². The largest absolute Gasteiger partial charge is 0.496 e. The van der Waals surface area contributed by atoms with Gasteiger partial charge in [-0.2, -0.15) is 0 Å². The number of amides is 1. The van der Waals surface area contributed by atoms with Gasteiger partial charge in [0.2, 0.25) is 11.0 Å². The second-order valence-corrected chi connectivity index (χ2v) is 9.18. The minimum atomic E-state index is -0.265. The number of carbonyl (C=O) groups excluding carboxylic acids is 1. The van der Waals surface area contributed by atoms with Gasteiger partial charge in [0.15, 0.2) is 4.34 Å². The smallest absolute Gasteiger partial charge is 0.250 e. The lowest BCUT2D eigenvalue weighted by atomic mass is 9.99. The number of ether oxygens (including phenoxy) is 1. The average Bonchev–Trinajstić information content (AvgIpc) is 3.39. The summed E-state index contributed by atoms with van der Waals surface area (Å²) in [4.78, 5) is 12.6. The van der Waals surface area contributed by atoms with Gasteiger partial charge in [-0.3, -0.25) is 10.1 Å². The number of nitrogens with zero attached hydrogens (tertiary/aromatic N) is 2. The van der Waals surface area contributed by atoms with E-state index in [-0.39, 0.29) is 5.91 Å². The molecule has 31 heavy (non-hydrogen) atoms. The van der Waals surface area contributed by atoms with Crippen molar-refractivity contribution in [1.82, 2.24) is 10.2 Å². The fraction of sp³-hybridized carbons (Fsp3) is 0.174. The van der Waals surface area contributed by atoms with Crippen molar-refractivity contribution in [3.63, 3.8) is 0 Å². The Balaban J connectivity index is 1.65.